The second-order valence-corrected chi connectivity index (χ2v) is 7.88. The molecule has 1 amide bonds. The summed E-state index contributed by atoms with van der Waals surface area (Å²) in [6.45, 7) is 3.59. The number of rotatable bonds is 7. The molecule has 2 N–H and O–H groups in total. The van der Waals surface area contributed by atoms with Gasteiger partial charge < -0.3 is 19.9 Å². The van der Waals surface area contributed by atoms with Gasteiger partial charge in [-0.1, -0.05) is 42.5 Å². The third-order valence-corrected chi connectivity index (χ3v) is 6.14. The van der Waals surface area contributed by atoms with Gasteiger partial charge >= 0.3 is 0 Å². The molecule has 3 aliphatic heterocycles. The number of amides is 1. The van der Waals surface area contributed by atoms with Crippen LogP contribution >= 0.6 is 0 Å². The van der Waals surface area contributed by atoms with Gasteiger partial charge in [0.1, 0.15) is 6.61 Å². The molecule has 0 aliphatic carbocycles. The molecular formula is C22H30N2O5. The molecular weight excluding hydrogens is 372 g/mol. The van der Waals surface area contributed by atoms with Crippen molar-refractivity contribution >= 4 is 18.5 Å². The van der Waals surface area contributed by atoms with Crippen molar-refractivity contribution in [1.29, 1.82) is 0 Å². The number of nitrogens with one attached hydrogen (secondary N) is 1. The Morgan fingerprint density at radius 1 is 1.41 bits per heavy atom. The Labute approximate surface area is 171 Å². The molecule has 0 saturated carbocycles. The SMILES string of the molecule is COCC(=O)NC[C@H]1[C@H]2CN(CC=Cc3ccccc3)C[C@]23CC[C@H]1O3.O=CO. The number of ether oxygens (including phenoxy) is 2. The van der Waals surface area contributed by atoms with E-state index in [1.807, 2.05) is 6.07 Å². The summed E-state index contributed by atoms with van der Waals surface area (Å²) in [5.74, 6) is 0.909. The largest absolute Gasteiger partial charge is 0.483 e. The minimum Gasteiger partial charge on any atom is -0.483 e. The average Bonchev–Trinajstić information content (AvgIpc) is 3.36. The summed E-state index contributed by atoms with van der Waals surface area (Å²) in [6, 6.07) is 10.4. The first kappa shape index (κ1) is 21.5. The Morgan fingerprint density at radius 2 is 2.17 bits per heavy atom. The van der Waals surface area contributed by atoms with Gasteiger partial charge in [0.05, 0.1) is 11.7 Å². The molecule has 3 aliphatic rings. The summed E-state index contributed by atoms with van der Waals surface area (Å²) in [5.41, 5.74) is 1.25. The predicted octanol–water partition coefficient (Wildman–Crippen LogP) is 1.64. The molecule has 7 nitrogen and oxygen atoms in total. The van der Waals surface area contributed by atoms with Crippen molar-refractivity contribution in [3.8, 4) is 0 Å². The Balaban J connectivity index is 0.000000755. The highest BCUT2D eigenvalue weighted by molar-refractivity contribution is 5.77. The summed E-state index contributed by atoms with van der Waals surface area (Å²) in [5, 5.41) is 9.91. The van der Waals surface area contributed by atoms with E-state index in [0.717, 1.165) is 32.5 Å². The number of nitrogens with zero attached hydrogens (tertiary/aromatic N) is 1. The van der Waals surface area contributed by atoms with Crippen LogP contribution in [0.3, 0.4) is 0 Å². The van der Waals surface area contributed by atoms with Crippen molar-refractivity contribution in [2.24, 2.45) is 11.8 Å². The molecule has 3 heterocycles. The number of carboxylic acid groups (broad SMARTS) is 1. The number of carbonyl (C=O) groups is 2. The van der Waals surface area contributed by atoms with Crippen molar-refractivity contribution in [2.45, 2.75) is 24.5 Å². The highest BCUT2D eigenvalue weighted by Crippen LogP contribution is 2.54. The van der Waals surface area contributed by atoms with Gasteiger partial charge in [0, 0.05) is 45.1 Å². The predicted molar refractivity (Wildman–Crippen MR) is 109 cm³/mol. The lowest BCUT2D eigenvalue weighted by molar-refractivity contribution is -0.125. The summed E-state index contributed by atoms with van der Waals surface area (Å²) in [4.78, 5) is 22.6. The second kappa shape index (κ2) is 10.0. The highest BCUT2D eigenvalue weighted by Gasteiger charge is 2.62. The van der Waals surface area contributed by atoms with E-state index in [0.29, 0.717) is 24.5 Å². The minimum absolute atomic E-state index is 0.0158. The zero-order chi connectivity index (χ0) is 20.7. The second-order valence-electron chi connectivity index (χ2n) is 7.88. The fourth-order valence-electron chi connectivity index (χ4n) is 5.01. The van der Waals surface area contributed by atoms with Crippen molar-refractivity contribution in [2.75, 3.05) is 39.9 Å². The maximum atomic E-state index is 11.7. The van der Waals surface area contributed by atoms with Crippen LogP contribution in [-0.2, 0) is 19.1 Å². The fraction of sp³-hybridized carbons (Fsp3) is 0.545. The van der Waals surface area contributed by atoms with Crippen molar-refractivity contribution in [1.82, 2.24) is 10.2 Å². The van der Waals surface area contributed by atoms with Crippen molar-refractivity contribution in [3.63, 3.8) is 0 Å². The van der Waals surface area contributed by atoms with Crippen LogP contribution in [0.2, 0.25) is 0 Å². The summed E-state index contributed by atoms with van der Waals surface area (Å²) < 4.78 is 11.3. The van der Waals surface area contributed by atoms with E-state index in [-0.39, 0.29) is 24.6 Å². The van der Waals surface area contributed by atoms with Gasteiger partial charge in [0.15, 0.2) is 0 Å². The Bertz CT molecular complexity index is 710. The average molecular weight is 402 g/mol. The lowest BCUT2D eigenvalue weighted by Gasteiger charge is -2.29. The highest BCUT2D eigenvalue weighted by atomic mass is 16.5. The fourth-order valence-corrected chi connectivity index (χ4v) is 5.01. The molecule has 0 unspecified atom stereocenters. The maximum absolute atomic E-state index is 11.7. The Morgan fingerprint density at radius 3 is 2.90 bits per heavy atom. The van der Waals surface area contributed by atoms with Crippen LogP contribution in [0.1, 0.15) is 18.4 Å². The van der Waals surface area contributed by atoms with Gasteiger partial charge in [-0.15, -0.1) is 0 Å². The standard InChI is InChI=1S/C21H28N2O3.CH2O2/c1-25-14-20(24)22-12-17-18-13-23(15-21(18)10-9-19(17)26-21)11-5-8-16-6-3-2-4-7-16;2-1-3/h2-8,17-19H,9-15H2,1H3,(H,22,24);1H,(H,2,3)/t17-,18+,19+,21+;/m0./s1. The number of methoxy groups -OCH3 is 1. The van der Waals surface area contributed by atoms with Crippen LogP contribution in [0.25, 0.3) is 6.08 Å². The maximum Gasteiger partial charge on any atom is 0.290 e. The number of hydrogen-bond donors (Lipinski definition) is 2. The van der Waals surface area contributed by atoms with E-state index < -0.39 is 0 Å². The number of fused-ring (bicyclic) bond motifs is 1. The molecule has 29 heavy (non-hydrogen) atoms. The van der Waals surface area contributed by atoms with Crippen molar-refractivity contribution < 1.29 is 24.2 Å². The van der Waals surface area contributed by atoms with E-state index in [2.05, 4.69) is 46.6 Å². The summed E-state index contributed by atoms with van der Waals surface area (Å²) in [7, 11) is 1.55. The van der Waals surface area contributed by atoms with Gasteiger partial charge in [-0.3, -0.25) is 14.5 Å². The molecule has 0 radical (unpaired) electrons. The molecule has 3 saturated heterocycles. The monoisotopic (exact) mass is 402 g/mol. The Kier molecular flexibility index (Phi) is 7.41. The molecule has 4 rings (SSSR count). The summed E-state index contributed by atoms with van der Waals surface area (Å²) >= 11 is 0. The Hall–Kier alpha value is -2.22. The van der Waals surface area contributed by atoms with Gasteiger partial charge in [-0.2, -0.15) is 0 Å². The van der Waals surface area contributed by atoms with E-state index >= 15 is 0 Å². The molecule has 2 bridgehead atoms. The molecule has 1 aromatic rings. The lowest BCUT2D eigenvalue weighted by Crippen LogP contribution is -2.42. The summed E-state index contributed by atoms with van der Waals surface area (Å²) in [6.07, 6.45) is 7.02. The molecule has 0 aromatic heterocycles. The van der Waals surface area contributed by atoms with E-state index in [4.69, 9.17) is 19.4 Å². The molecule has 4 atom stereocenters. The first-order chi connectivity index (χ1) is 14.1. The number of likely N-dealkylation sites (tertiary alicyclic amines) is 1. The first-order valence-electron chi connectivity index (χ1n) is 10.1. The third-order valence-electron chi connectivity index (χ3n) is 6.14. The number of hydrogen-bond acceptors (Lipinski definition) is 5. The van der Waals surface area contributed by atoms with E-state index in [1.54, 1.807) is 7.11 Å². The van der Waals surface area contributed by atoms with Gasteiger partial charge in [0.2, 0.25) is 5.91 Å². The minimum atomic E-state index is -0.250. The molecule has 1 spiro atoms. The van der Waals surface area contributed by atoms with Crippen LogP contribution in [-0.4, -0.2) is 74.0 Å². The third kappa shape index (κ3) is 5.04. The van der Waals surface area contributed by atoms with Crippen LogP contribution in [0.4, 0.5) is 0 Å². The molecule has 3 fully saturated rings. The number of benzene rings is 1. The van der Waals surface area contributed by atoms with Gasteiger partial charge in [-0.05, 0) is 18.4 Å². The van der Waals surface area contributed by atoms with E-state index in [9.17, 15) is 4.79 Å². The normalized spacial score (nSPS) is 30.0. The van der Waals surface area contributed by atoms with Gasteiger partial charge in [-0.25, -0.2) is 0 Å². The zero-order valence-corrected chi connectivity index (χ0v) is 16.8. The lowest BCUT2D eigenvalue weighted by atomic mass is 9.73. The smallest absolute Gasteiger partial charge is 0.290 e. The van der Waals surface area contributed by atoms with Crippen LogP contribution in [0.5, 0.6) is 0 Å². The van der Waals surface area contributed by atoms with Crippen LogP contribution in [0, 0.1) is 11.8 Å². The van der Waals surface area contributed by atoms with E-state index in [1.165, 1.54) is 5.56 Å². The molecule has 158 valence electrons. The van der Waals surface area contributed by atoms with Crippen molar-refractivity contribution in [3.05, 3.63) is 42.0 Å². The van der Waals surface area contributed by atoms with Gasteiger partial charge in [0.25, 0.3) is 6.47 Å². The van der Waals surface area contributed by atoms with Crippen LogP contribution in [0.15, 0.2) is 36.4 Å². The number of carbonyl (C=O) groups excluding carboxylic acids is 1. The topological polar surface area (TPSA) is 88.1 Å². The van der Waals surface area contributed by atoms with Crippen LogP contribution < -0.4 is 5.32 Å². The zero-order valence-electron chi connectivity index (χ0n) is 16.8. The molecule has 1 aromatic carbocycles. The first-order valence-corrected chi connectivity index (χ1v) is 10.1. The molecule has 7 heteroatoms. The quantitative estimate of drug-likeness (QED) is 0.674.